The third-order valence-electron chi connectivity index (χ3n) is 4.33. The lowest BCUT2D eigenvalue weighted by atomic mass is 10.1. The average Bonchev–Trinajstić information content (AvgIpc) is 3.01. The Bertz CT molecular complexity index is 1120. The van der Waals surface area contributed by atoms with Crippen molar-refractivity contribution in [2.45, 2.75) is 30.0 Å². The number of nitrogens with zero attached hydrogens (tertiary/aromatic N) is 2. The van der Waals surface area contributed by atoms with Crippen LogP contribution in [0.15, 0.2) is 35.2 Å². The van der Waals surface area contributed by atoms with E-state index in [-0.39, 0.29) is 18.9 Å². The van der Waals surface area contributed by atoms with E-state index in [9.17, 15) is 14.7 Å². The van der Waals surface area contributed by atoms with Crippen LogP contribution in [0.25, 0.3) is 10.2 Å². The van der Waals surface area contributed by atoms with Crippen LogP contribution in [-0.2, 0) is 16.1 Å². The molecule has 144 valence electrons. The zero-order valence-corrected chi connectivity index (χ0v) is 17.8. The molecule has 9 heteroatoms. The number of carboxylic acid groups (broad SMARTS) is 1. The minimum atomic E-state index is -0.997. The van der Waals surface area contributed by atoms with E-state index in [4.69, 9.17) is 23.2 Å². The zero-order valence-electron chi connectivity index (χ0n) is 14.6. The SMILES string of the molecule is Cc1ccc2c(c1)N(Cc1nc3c(Cl)cc(Cl)cc3s1)C(=O)C(CC(=O)O)S2. The van der Waals surface area contributed by atoms with Crippen molar-refractivity contribution in [2.24, 2.45) is 0 Å². The van der Waals surface area contributed by atoms with Crippen LogP contribution in [0.1, 0.15) is 17.0 Å². The molecule has 1 aliphatic heterocycles. The number of fused-ring (bicyclic) bond motifs is 2. The largest absolute Gasteiger partial charge is 0.481 e. The lowest BCUT2D eigenvalue weighted by molar-refractivity contribution is -0.138. The Labute approximate surface area is 179 Å². The van der Waals surface area contributed by atoms with Crippen molar-refractivity contribution in [3.63, 3.8) is 0 Å². The Hall–Kier alpha value is -1.80. The van der Waals surface area contributed by atoms with E-state index < -0.39 is 11.2 Å². The average molecular weight is 453 g/mol. The van der Waals surface area contributed by atoms with E-state index in [1.54, 1.807) is 17.0 Å². The molecule has 1 N–H and O–H groups in total. The maximum atomic E-state index is 13.0. The van der Waals surface area contributed by atoms with Gasteiger partial charge in [-0.3, -0.25) is 9.59 Å². The van der Waals surface area contributed by atoms with Gasteiger partial charge in [-0.1, -0.05) is 29.3 Å². The lowest BCUT2D eigenvalue weighted by Gasteiger charge is -2.33. The molecule has 0 radical (unpaired) electrons. The summed E-state index contributed by atoms with van der Waals surface area (Å²) in [5.41, 5.74) is 2.45. The van der Waals surface area contributed by atoms with E-state index in [0.717, 1.165) is 20.8 Å². The standard InChI is InChI=1S/C19H14Cl2N2O3S2/c1-9-2-3-13-12(4-9)23(19(26)15(27-13)7-17(24)25)8-16-22-18-11(21)5-10(20)6-14(18)28-16/h2-6,15H,7-8H2,1H3,(H,24,25). The van der Waals surface area contributed by atoms with Crippen molar-refractivity contribution in [2.75, 3.05) is 4.90 Å². The number of carbonyl (C=O) groups excluding carboxylic acids is 1. The number of thioether (sulfide) groups is 1. The first kappa shape index (κ1) is 19.5. The molecule has 3 aromatic rings. The maximum Gasteiger partial charge on any atom is 0.305 e. The third-order valence-corrected chi connectivity index (χ3v) is 7.07. The fourth-order valence-corrected chi connectivity index (χ4v) is 5.97. The second-order valence-corrected chi connectivity index (χ2v) is 9.65. The van der Waals surface area contributed by atoms with Crippen LogP contribution in [-0.4, -0.2) is 27.2 Å². The Balaban J connectivity index is 1.74. The van der Waals surface area contributed by atoms with Crippen LogP contribution >= 0.6 is 46.3 Å². The predicted molar refractivity (Wildman–Crippen MR) is 114 cm³/mol. The predicted octanol–water partition coefficient (Wildman–Crippen LogP) is 5.39. The maximum absolute atomic E-state index is 13.0. The van der Waals surface area contributed by atoms with Gasteiger partial charge in [-0.2, -0.15) is 0 Å². The Morgan fingerprint density at radius 2 is 2.07 bits per heavy atom. The molecule has 28 heavy (non-hydrogen) atoms. The van der Waals surface area contributed by atoms with Crippen molar-refractivity contribution in [1.29, 1.82) is 0 Å². The van der Waals surface area contributed by atoms with Gasteiger partial charge < -0.3 is 10.0 Å². The highest BCUT2D eigenvalue weighted by Gasteiger charge is 2.35. The number of carbonyl (C=O) groups is 2. The Kier molecular flexibility index (Phi) is 5.26. The first-order valence-electron chi connectivity index (χ1n) is 8.37. The monoisotopic (exact) mass is 452 g/mol. The number of aromatic nitrogens is 1. The second kappa shape index (κ2) is 7.55. The van der Waals surface area contributed by atoms with E-state index in [2.05, 4.69) is 4.98 Å². The molecule has 0 saturated heterocycles. The van der Waals surface area contributed by atoms with Crippen molar-refractivity contribution in [1.82, 2.24) is 4.98 Å². The summed E-state index contributed by atoms with van der Waals surface area (Å²) in [5.74, 6) is -1.23. The minimum Gasteiger partial charge on any atom is -0.481 e. The topological polar surface area (TPSA) is 70.5 Å². The van der Waals surface area contributed by atoms with Gasteiger partial charge in [0.2, 0.25) is 5.91 Å². The van der Waals surface area contributed by atoms with Crippen LogP contribution in [0.4, 0.5) is 5.69 Å². The highest BCUT2D eigenvalue weighted by atomic mass is 35.5. The number of aliphatic carboxylic acids is 1. The van der Waals surface area contributed by atoms with E-state index in [1.165, 1.54) is 23.1 Å². The van der Waals surface area contributed by atoms with Gasteiger partial charge in [0.25, 0.3) is 0 Å². The van der Waals surface area contributed by atoms with Crippen LogP contribution in [0.5, 0.6) is 0 Å². The fraction of sp³-hybridized carbons (Fsp3) is 0.211. The van der Waals surface area contributed by atoms with Crippen LogP contribution in [0, 0.1) is 6.92 Å². The number of benzene rings is 2. The van der Waals surface area contributed by atoms with E-state index in [0.29, 0.717) is 20.6 Å². The number of carboxylic acids is 1. The summed E-state index contributed by atoms with van der Waals surface area (Å²) >= 11 is 15.0. The summed E-state index contributed by atoms with van der Waals surface area (Å²) < 4.78 is 0.845. The summed E-state index contributed by atoms with van der Waals surface area (Å²) in [7, 11) is 0. The second-order valence-electron chi connectivity index (χ2n) is 6.44. The number of hydrogen-bond donors (Lipinski definition) is 1. The van der Waals surface area contributed by atoms with Gasteiger partial charge in [-0.15, -0.1) is 23.1 Å². The molecule has 0 spiro atoms. The van der Waals surface area contributed by atoms with Gasteiger partial charge in [-0.05, 0) is 36.8 Å². The molecular formula is C19H14Cl2N2O3S2. The first-order valence-corrected chi connectivity index (χ1v) is 10.8. The molecule has 0 saturated carbocycles. The molecule has 1 aliphatic rings. The highest BCUT2D eigenvalue weighted by Crippen LogP contribution is 2.42. The first-order chi connectivity index (χ1) is 13.3. The summed E-state index contributed by atoms with van der Waals surface area (Å²) in [6.07, 6.45) is -0.228. The smallest absolute Gasteiger partial charge is 0.305 e. The summed E-state index contributed by atoms with van der Waals surface area (Å²) in [6, 6.07) is 9.26. The molecule has 1 amide bonds. The number of hydrogen-bond acceptors (Lipinski definition) is 5. The van der Waals surface area contributed by atoms with Crippen LogP contribution < -0.4 is 4.90 Å². The fourth-order valence-electron chi connectivity index (χ4n) is 3.09. The summed E-state index contributed by atoms with van der Waals surface area (Å²) in [6.45, 7) is 2.20. The van der Waals surface area contributed by atoms with Gasteiger partial charge in [0.15, 0.2) is 0 Å². The molecule has 2 aromatic carbocycles. The minimum absolute atomic E-state index is 0.228. The molecule has 4 rings (SSSR count). The van der Waals surface area contributed by atoms with Crippen LogP contribution in [0.3, 0.4) is 0 Å². The van der Waals surface area contributed by atoms with Crippen molar-refractivity contribution < 1.29 is 14.7 Å². The number of rotatable bonds is 4. The van der Waals surface area contributed by atoms with Gasteiger partial charge in [0, 0.05) is 9.92 Å². The molecule has 1 atom stereocenters. The third kappa shape index (κ3) is 3.72. The number of amides is 1. The van der Waals surface area contributed by atoms with Crippen molar-refractivity contribution in [3.8, 4) is 0 Å². The molecule has 2 heterocycles. The van der Waals surface area contributed by atoms with Gasteiger partial charge in [-0.25, -0.2) is 4.98 Å². The number of aryl methyl sites for hydroxylation is 1. The Morgan fingerprint density at radius 1 is 1.29 bits per heavy atom. The van der Waals surface area contributed by atoms with E-state index in [1.807, 2.05) is 25.1 Å². The quantitative estimate of drug-likeness (QED) is 0.573. The summed E-state index contributed by atoms with van der Waals surface area (Å²) in [4.78, 5) is 31.3. The molecule has 1 aromatic heterocycles. The highest BCUT2D eigenvalue weighted by molar-refractivity contribution is 8.01. The lowest BCUT2D eigenvalue weighted by Crippen LogP contribution is -2.41. The van der Waals surface area contributed by atoms with Crippen LogP contribution in [0.2, 0.25) is 10.0 Å². The normalized spacial score (nSPS) is 16.5. The molecule has 5 nitrogen and oxygen atoms in total. The molecular weight excluding hydrogens is 439 g/mol. The van der Waals surface area contributed by atoms with Gasteiger partial charge in [0.1, 0.15) is 10.5 Å². The molecule has 0 bridgehead atoms. The van der Waals surface area contributed by atoms with Gasteiger partial charge in [0.05, 0.1) is 33.6 Å². The molecule has 1 unspecified atom stereocenters. The van der Waals surface area contributed by atoms with Crippen molar-refractivity contribution >= 4 is 74.1 Å². The zero-order chi connectivity index (χ0) is 20.0. The Morgan fingerprint density at radius 3 is 2.82 bits per heavy atom. The van der Waals surface area contributed by atoms with Crippen molar-refractivity contribution in [3.05, 3.63) is 50.9 Å². The van der Waals surface area contributed by atoms with E-state index >= 15 is 0 Å². The molecule has 0 aliphatic carbocycles. The summed E-state index contributed by atoms with van der Waals surface area (Å²) in [5, 5.41) is 10.2. The number of anilines is 1. The number of thiazole rings is 1. The van der Waals surface area contributed by atoms with Gasteiger partial charge >= 0.3 is 5.97 Å². The number of halogens is 2. The molecule has 0 fully saturated rings.